The van der Waals surface area contributed by atoms with Crippen molar-refractivity contribution in [3.8, 4) is 0 Å². The first-order valence-electron chi connectivity index (χ1n) is 5.59. The van der Waals surface area contributed by atoms with Crippen LogP contribution < -0.4 is 5.73 Å². The van der Waals surface area contributed by atoms with Crippen LogP contribution in [0, 0.1) is 0 Å². The van der Waals surface area contributed by atoms with E-state index in [1.807, 2.05) is 0 Å². The predicted molar refractivity (Wildman–Crippen MR) is 63.4 cm³/mol. The van der Waals surface area contributed by atoms with Gasteiger partial charge in [0.15, 0.2) is 0 Å². The van der Waals surface area contributed by atoms with Gasteiger partial charge in [-0.1, -0.05) is 46.0 Å². The maximum atomic E-state index is 5.31. The molecule has 0 aromatic heterocycles. The summed E-state index contributed by atoms with van der Waals surface area (Å²) in [5, 5.41) is 0. The van der Waals surface area contributed by atoms with Crippen molar-refractivity contribution in [1.82, 2.24) is 0 Å². The molecule has 0 aliphatic rings. The maximum Gasteiger partial charge on any atom is 0.0223 e. The van der Waals surface area contributed by atoms with Crippen molar-refractivity contribution in [2.75, 3.05) is 12.4 Å². The molecule has 2 N–H and O–H groups in total. The summed E-state index contributed by atoms with van der Waals surface area (Å²) in [6, 6.07) is 0. The van der Waals surface area contributed by atoms with Gasteiger partial charge in [-0.2, -0.15) is 0 Å². The first-order chi connectivity index (χ1) is 6.33. The monoisotopic (exact) mass is 207 g/mol. The third kappa shape index (κ3) is 24.5. The quantitative estimate of drug-likeness (QED) is 0.497. The Morgan fingerprint density at radius 3 is 1.69 bits per heavy atom. The number of unbranched alkanes of at least 4 members (excludes halogenated alkanes) is 5. The maximum absolute atomic E-state index is 5.31. The number of alkyl halides is 1. The molecule has 13 heavy (non-hydrogen) atoms. The van der Waals surface area contributed by atoms with Crippen molar-refractivity contribution in [3.63, 3.8) is 0 Å². The molecule has 0 saturated heterocycles. The Bertz CT molecular complexity index is 59.1. The molecule has 0 spiro atoms. The van der Waals surface area contributed by atoms with Gasteiger partial charge < -0.3 is 5.73 Å². The lowest BCUT2D eigenvalue weighted by Gasteiger charge is -1.93. The van der Waals surface area contributed by atoms with Gasteiger partial charge in [-0.25, -0.2) is 0 Å². The molecule has 0 amide bonds. The molecule has 0 rings (SSSR count). The summed E-state index contributed by atoms with van der Waals surface area (Å²) in [4.78, 5) is 0. The molecule has 2 heteroatoms. The Kier molecular flexibility index (Phi) is 21.9. The van der Waals surface area contributed by atoms with Gasteiger partial charge in [0, 0.05) is 5.88 Å². The normalized spacial score (nSPS) is 9.23. The summed E-state index contributed by atoms with van der Waals surface area (Å²) in [6.45, 7) is 5.22. The third-order valence-electron chi connectivity index (χ3n) is 1.79. The van der Waals surface area contributed by atoms with E-state index in [0.717, 1.165) is 18.8 Å². The van der Waals surface area contributed by atoms with E-state index in [9.17, 15) is 0 Å². The summed E-state index contributed by atoms with van der Waals surface area (Å²) >= 11 is 5.30. The first kappa shape index (κ1) is 15.7. The van der Waals surface area contributed by atoms with Crippen LogP contribution >= 0.6 is 11.6 Å². The summed E-state index contributed by atoms with van der Waals surface area (Å²) in [7, 11) is 0. The second kappa shape index (κ2) is 18.1. The van der Waals surface area contributed by atoms with Gasteiger partial charge >= 0.3 is 0 Å². The molecule has 0 radical (unpaired) electrons. The van der Waals surface area contributed by atoms with Crippen LogP contribution in [0.15, 0.2) is 0 Å². The number of rotatable bonds is 7. The third-order valence-corrected chi connectivity index (χ3v) is 2.06. The van der Waals surface area contributed by atoms with Crippen LogP contribution in [-0.2, 0) is 0 Å². The minimum Gasteiger partial charge on any atom is -0.330 e. The summed E-state index contributed by atoms with van der Waals surface area (Å²) in [5.74, 6) is 0.816. The van der Waals surface area contributed by atoms with Crippen molar-refractivity contribution >= 4 is 11.6 Å². The Morgan fingerprint density at radius 1 is 0.846 bits per heavy atom. The minimum absolute atomic E-state index is 0.816. The van der Waals surface area contributed by atoms with Gasteiger partial charge in [-0.3, -0.25) is 0 Å². The van der Waals surface area contributed by atoms with Crippen LogP contribution in [0.3, 0.4) is 0 Å². The van der Waals surface area contributed by atoms with Crippen molar-refractivity contribution in [3.05, 3.63) is 0 Å². The average molecular weight is 208 g/mol. The first-order valence-corrected chi connectivity index (χ1v) is 6.12. The van der Waals surface area contributed by atoms with E-state index in [1.165, 1.54) is 38.5 Å². The Balaban J connectivity index is 0. The molecule has 0 aromatic carbocycles. The second-order valence-electron chi connectivity index (χ2n) is 3.25. The molecular formula is C11H26ClN. The van der Waals surface area contributed by atoms with Gasteiger partial charge in [-0.15, -0.1) is 11.6 Å². The SMILES string of the molecule is CCCCCCCN.CCCCCl. The fraction of sp³-hybridized carbons (Fsp3) is 1.00. The standard InChI is InChI=1S/C7H17N.C4H9Cl/c1-2-3-4-5-6-7-8;1-2-3-4-5/h2-8H2,1H3;2-4H2,1H3. The largest absolute Gasteiger partial charge is 0.330 e. The van der Waals surface area contributed by atoms with Crippen LogP contribution in [0.2, 0.25) is 0 Å². The fourth-order valence-electron chi connectivity index (χ4n) is 0.882. The molecule has 0 bridgehead atoms. The molecule has 82 valence electrons. The lowest BCUT2D eigenvalue weighted by Crippen LogP contribution is -1.97. The highest BCUT2D eigenvalue weighted by molar-refractivity contribution is 6.17. The lowest BCUT2D eigenvalue weighted by molar-refractivity contribution is 0.638. The van der Waals surface area contributed by atoms with Crippen LogP contribution in [-0.4, -0.2) is 12.4 Å². The van der Waals surface area contributed by atoms with Gasteiger partial charge in [0.05, 0.1) is 0 Å². The molecule has 0 aromatic rings. The highest BCUT2D eigenvalue weighted by atomic mass is 35.5. The highest BCUT2D eigenvalue weighted by Crippen LogP contribution is 2.00. The van der Waals surface area contributed by atoms with E-state index in [2.05, 4.69) is 13.8 Å². The molecule has 0 atom stereocenters. The molecule has 0 unspecified atom stereocenters. The molecule has 0 aliphatic heterocycles. The smallest absolute Gasteiger partial charge is 0.0223 e. The van der Waals surface area contributed by atoms with Gasteiger partial charge in [0.25, 0.3) is 0 Å². The molecular weight excluding hydrogens is 182 g/mol. The van der Waals surface area contributed by atoms with Crippen LogP contribution in [0.25, 0.3) is 0 Å². The van der Waals surface area contributed by atoms with Crippen molar-refractivity contribution in [2.24, 2.45) is 5.73 Å². The molecule has 0 fully saturated rings. The number of hydrogen-bond acceptors (Lipinski definition) is 1. The fourth-order valence-corrected chi connectivity index (χ4v) is 1.15. The molecule has 1 nitrogen and oxygen atoms in total. The average Bonchev–Trinajstić information content (AvgIpc) is 2.15. The van der Waals surface area contributed by atoms with E-state index < -0.39 is 0 Å². The molecule has 0 aliphatic carbocycles. The van der Waals surface area contributed by atoms with Crippen LogP contribution in [0.4, 0.5) is 0 Å². The van der Waals surface area contributed by atoms with Crippen molar-refractivity contribution in [2.45, 2.75) is 58.8 Å². The summed E-state index contributed by atoms with van der Waals surface area (Å²) in [6.07, 6.45) is 8.97. The summed E-state index contributed by atoms with van der Waals surface area (Å²) < 4.78 is 0. The Morgan fingerprint density at radius 2 is 1.38 bits per heavy atom. The lowest BCUT2D eigenvalue weighted by atomic mass is 10.2. The van der Waals surface area contributed by atoms with Gasteiger partial charge in [-0.05, 0) is 19.4 Å². The Labute approximate surface area is 89.0 Å². The van der Waals surface area contributed by atoms with E-state index in [-0.39, 0.29) is 0 Å². The van der Waals surface area contributed by atoms with Gasteiger partial charge in [0.2, 0.25) is 0 Å². The number of hydrogen-bond donors (Lipinski definition) is 1. The second-order valence-corrected chi connectivity index (χ2v) is 3.62. The van der Waals surface area contributed by atoms with E-state index in [0.29, 0.717) is 0 Å². The van der Waals surface area contributed by atoms with E-state index in [1.54, 1.807) is 0 Å². The van der Waals surface area contributed by atoms with Crippen molar-refractivity contribution in [1.29, 1.82) is 0 Å². The molecule has 0 saturated carbocycles. The van der Waals surface area contributed by atoms with Crippen molar-refractivity contribution < 1.29 is 0 Å². The highest BCUT2D eigenvalue weighted by Gasteiger charge is 1.83. The van der Waals surface area contributed by atoms with Gasteiger partial charge in [0.1, 0.15) is 0 Å². The zero-order valence-corrected chi connectivity index (χ0v) is 10.1. The Hall–Kier alpha value is 0.250. The van der Waals surface area contributed by atoms with E-state index in [4.69, 9.17) is 17.3 Å². The minimum atomic E-state index is 0.816. The topological polar surface area (TPSA) is 26.0 Å². The molecule has 0 heterocycles. The van der Waals surface area contributed by atoms with Crippen LogP contribution in [0.1, 0.15) is 58.8 Å². The van der Waals surface area contributed by atoms with E-state index >= 15 is 0 Å². The summed E-state index contributed by atoms with van der Waals surface area (Å²) in [5.41, 5.74) is 5.31. The number of halogens is 1. The zero-order valence-electron chi connectivity index (χ0n) is 9.32. The number of nitrogens with two attached hydrogens (primary N) is 1. The van der Waals surface area contributed by atoms with Crippen LogP contribution in [0.5, 0.6) is 0 Å². The zero-order chi connectivity index (χ0) is 10.4. The predicted octanol–water partition coefficient (Wildman–Crippen LogP) is 3.94.